The maximum Gasteiger partial charge on any atom is 0.326 e. The van der Waals surface area contributed by atoms with Crippen LogP contribution in [0.2, 0.25) is 10.3 Å². The summed E-state index contributed by atoms with van der Waals surface area (Å²) in [5.41, 5.74) is -0.150. The van der Waals surface area contributed by atoms with E-state index in [9.17, 15) is 14.4 Å². The van der Waals surface area contributed by atoms with E-state index in [0.717, 1.165) is 13.2 Å². The average Bonchev–Trinajstić information content (AvgIpc) is 2.40. The Labute approximate surface area is 123 Å². The van der Waals surface area contributed by atoms with Crippen molar-refractivity contribution in [2.24, 2.45) is 0 Å². The molecule has 1 atom stereocenters. The number of ether oxygens (including phenoxy) is 1. The molecule has 0 aromatic carbocycles. The van der Waals surface area contributed by atoms with Crippen molar-refractivity contribution in [1.29, 1.82) is 0 Å². The van der Waals surface area contributed by atoms with E-state index in [1.54, 1.807) is 0 Å². The molecule has 0 aliphatic heterocycles. The van der Waals surface area contributed by atoms with Crippen LogP contribution in [-0.4, -0.2) is 46.3 Å². The third kappa shape index (κ3) is 4.32. The second-order valence-corrected chi connectivity index (χ2v) is 4.26. The molecule has 0 saturated carbocycles. The van der Waals surface area contributed by atoms with E-state index in [4.69, 9.17) is 28.3 Å². The number of rotatable bonds is 5. The Hall–Kier alpha value is -1.93. The molecule has 1 heterocycles. The second kappa shape index (κ2) is 7.01. The predicted molar refractivity (Wildman–Crippen MR) is 67.6 cm³/mol. The number of aliphatic carboxylic acids is 1. The minimum Gasteiger partial charge on any atom is -0.480 e. The van der Waals surface area contributed by atoms with Crippen LogP contribution in [0, 0.1) is 0 Å². The lowest BCUT2D eigenvalue weighted by atomic mass is 10.2. The molecule has 0 bridgehead atoms. The van der Waals surface area contributed by atoms with Crippen LogP contribution in [0.25, 0.3) is 0 Å². The fourth-order valence-electron chi connectivity index (χ4n) is 1.20. The molecule has 0 unspecified atom stereocenters. The summed E-state index contributed by atoms with van der Waals surface area (Å²) in [6.07, 6.45) is -0.526. The van der Waals surface area contributed by atoms with Gasteiger partial charge in [0.1, 0.15) is 6.04 Å². The summed E-state index contributed by atoms with van der Waals surface area (Å²) >= 11 is 11.2. The first-order chi connectivity index (χ1) is 9.35. The number of carboxylic acids is 1. The number of amides is 1. The van der Waals surface area contributed by atoms with E-state index in [1.807, 2.05) is 0 Å². The van der Waals surface area contributed by atoms with E-state index in [-0.39, 0.29) is 15.9 Å². The molecule has 0 saturated heterocycles. The van der Waals surface area contributed by atoms with Gasteiger partial charge in [-0.1, -0.05) is 23.2 Å². The normalized spacial score (nSPS) is 11.6. The van der Waals surface area contributed by atoms with Gasteiger partial charge in [-0.25, -0.2) is 4.79 Å². The molecule has 108 valence electrons. The van der Waals surface area contributed by atoms with Crippen molar-refractivity contribution >= 4 is 41.0 Å². The number of nitrogens with one attached hydrogen (secondary N) is 1. The first kappa shape index (κ1) is 16.1. The smallest absolute Gasteiger partial charge is 0.326 e. The fraction of sp³-hybridized carbons (Fsp3) is 0.300. The molecule has 1 rings (SSSR count). The Bertz CT molecular complexity index is 552. The zero-order valence-corrected chi connectivity index (χ0v) is 11.6. The number of hydrogen-bond donors (Lipinski definition) is 2. The van der Waals surface area contributed by atoms with Crippen LogP contribution in [0.4, 0.5) is 0 Å². The SMILES string of the molecule is COC(=O)C[C@H](NC(=O)c1cc(Cl)nnc1Cl)C(=O)O. The van der Waals surface area contributed by atoms with Gasteiger partial charge in [0.05, 0.1) is 19.1 Å². The van der Waals surface area contributed by atoms with Crippen molar-refractivity contribution in [3.63, 3.8) is 0 Å². The Morgan fingerprint density at radius 2 is 2.05 bits per heavy atom. The summed E-state index contributed by atoms with van der Waals surface area (Å²) < 4.78 is 4.34. The van der Waals surface area contributed by atoms with Crippen LogP contribution in [0.15, 0.2) is 6.07 Å². The highest BCUT2D eigenvalue weighted by Gasteiger charge is 2.25. The predicted octanol–water partition coefficient (Wildman–Crippen LogP) is 0.529. The number of aromatic nitrogens is 2. The van der Waals surface area contributed by atoms with Crippen LogP contribution >= 0.6 is 23.2 Å². The van der Waals surface area contributed by atoms with Crippen LogP contribution in [0.3, 0.4) is 0 Å². The van der Waals surface area contributed by atoms with E-state index < -0.39 is 30.3 Å². The molecule has 10 heteroatoms. The largest absolute Gasteiger partial charge is 0.480 e. The number of carbonyl (C=O) groups excluding carboxylic acids is 2. The molecule has 0 aliphatic carbocycles. The molecular weight excluding hydrogens is 313 g/mol. The van der Waals surface area contributed by atoms with Crippen molar-refractivity contribution in [3.8, 4) is 0 Å². The van der Waals surface area contributed by atoms with Gasteiger partial charge < -0.3 is 15.2 Å². The number of hydrogen-bond acceptors (Lipinski definition) is 6. The maximum atomic E-state index is 11.9. The average molecular weight is 322 g/mol. The van der Waals surface area contributed by atoms with Gasteiger partial charge in [0.15, 0.2) is 10.3 Å². The van der Waals surface area contributed by atoms with E-state index in [2.05, 4.69) is 20.3 Å². The lowest BCUT2D eigenvalue weighted by molar-refractivity contribution is -0.147. The van der Waals surface area contributed by atoms with Crippen molar-refractivity contribution in [1.82, 2.24) is 15.5 Å². The highest BCUT2D eigenvalue weighted by molar-refractivity contribution is 6.34. The van der Waals surface area contributed by atoms with Gasteiger partial charge in [-0.15, -0.1) is 10.2 Å². The first-order valence-electron chi connectivity index (χ1n) is 5.14. The van der Waals surface area contributed by atoms with Gasteiger partial charge in [-0.3, -0.25) is 9.59 Å². The van der Waals surface area contributed by atoms with Gasteiger partial charge >= 0.3 is 11.9 Å². The second-order valence-electron chi connectivity index (χ2n) is 3.52. The Kier molecular flexibility index (Phi) is 5.66. The summed E-state index contributed by atoms with van der Waals surface area (Å²) in [7, 11) is 1.10. The van der Waals surface area contributed by atoms with Crippen molar-refractivity contribution in [2.75, 3.05) is 7.11 Å². The third-order valence-electron chi connectivity index (χ3n) is 2.17. The van der Waals surface area contributed by atoms with E-state index in [0.29, 0.717) is 0 Å². The number of halogens is 2. The van der Waals surface area contributed by atoms with Crippen molar-refractivity contribution < 1.29 is 24.2 Å². The van der Waals surface area contributed by atoms with Crippen molar-refractivity contribution in [2.45, 2.75) is 12.5 Å². The molecule has 0 fully saturated rings. The molecular formula is C10H9Cl2N3O5. The van der Waals surface area contributed by atoms with Crippen LogP contribution in [0.5, 0.6) is 0 Å². The zero-order chi connectivity index (χ0) is 15.3. The highest BCUT2D eigenvalue weighted by Crippen LogP contribution is 2.15. The lowest BCUT2D eigenvalue weighted by Gasteiger charge is -2.13. The monoisotopic (exact) mass is 321 g/mol. The molecule has 0 spiro atoms. The molecule has 1 aromatic heterocycles. The van der Waals surface area contributed by atoms with Crippen LogP contribution < -0.4 is 5.32 Å². The van der Waals surface area contributed by atoms with Gasteiger partial charge in [-0.05, 0) is 6.07 Å². The summed E-state index contributed by atoms with van der Waals surface area (Å²) in [6.45, 7) is 0. The number of esters is 1. The molecule has 0 aliphatic rings. The fourth-order valence-corrected chi connectivity index (χ4v) is 1.52. The number of carbonyl (C=O) groups is 3. The van der Waals surface area contributed by atoms with Crippen LogP contribution in [-0.2, 0) is 14.3 Å². The first-order valence-corrected chi connectivity index (χ1v) is 5.90. The Balaban J connectivity index is 2.88. The molecule has 0 radical (unpaired) electrons. The maximum absolute atomic E-state index is 11.9. The summed E-state index contributed by atoms with van der Waals surface area (Å²) in [5, 5.41) is 17.5. The number of nitrogens with zero attached hydrogens (tertiary/aromatic N) is 2. The Morgan fingerprint density at radius 1 is 1.40 bits per heavy atom. The number of methoxy groups -OCH3 is 1. The van der Waals surface area contributed by atoms with Gasteiger partial charge in [0.2, 0.25) is 0 Å². The lowest BCUT2D eigenvalue weighted by Crippen LogP contribution is -2.42. The van der Waals surface area contributed by atoms with Crippen molar-refractivity contribution in [3.05, 3.63) is 21.9 Å². The molecule has 1 aromatic rings. The minimum absolute atomic E-state index is 0.0839. The minimum atomic E-state index is -1.46. The van der Waals surface area contributed by atoms with Gasteiger partial charge in [0, 0.05) is 0 Å². The molecule has 8 nitrogen and oxygen atoms in total. The topological polar surface area (TPSA) is 118 Å². The molecule has 2 N–H and O–H groups in total. The summed E-state index contributed by atoms with van der Waals surface area (Å²) in [5.74, 6) is -3.02. The van der Waals surface area contributed by atoms with Gasteiger partial charge in [0.25, 0.3) is 5.91 Å². The number of carboxylic acid groups (broad SMARTS) is 1. The van der Waals surface area contributed by atoms with Crippen LogP contribution in [0.1, 0.15) is 16.8 Å². The summed E-state index contributed by atoms with van der Waals surface area (Å²) in [4.78, 5) is 33.9. The molecule has 20 heavy (non-hydrogen) atoms. The Morgan fingerprint density at radius 3 is 2.60 bits per heavy atom. The summed E-state index contributed by atoms with van der Waals surface area (Å²) in [6, 6.07) is -0.332. The standard InChI is InChI=1S/C10H9Cl2N3O5/c1-20-7(16)3-5(10(18)19)13-9(17)4-2-6(11)14-15-8(4)12/h2,5H,3H2,1H3,(H,13,17)(H,18,19)/t5-/m0/s1. The van der Waals surface area contributed by atoms with E-state index in [1.165, 1.54) is 0 Å². The van der Waals surface area contributed by atoms with Gasteiger partial charge in [-0.2, -0.15) is 0 Å². The zero-order valence-electron chi connectivity index (χ0n) is 10.1. The quantitative estimate of drug-likeness (QED) is 0.759. The molecule has 1 amide bonds. The van der Waals surface area contributed by atoms with E-state index >= 15 is 0 Å². The third-order valence-corrected chi connectivity index (χ3v) is 2.63. The highest BCUT2D eigenvalue weighted by atomic mass is 35.5.